The van der Waals surface area contributed by atoms with E-state index in [-0.39, 0.29) is 21.4 Å². The molecule has 128 valence electrons. The van der Waals surface area contributed by atoms with Gasteiger partial charge in [0, 0.05) is 26.2 Å². The molecule has 1 saturated heterocycles. The lowest BCUT2D eigenvalue weighted by Crippen LogP contribution is -2.47. The highest BCUT2D eigenvalue weighted by molar-refractivity contribution is 6.52. The van der Waals surface area contributed by atoms with Crippen LogP contribution in [0.15, 0.2) is 28.9 Å². The highest BCUT2D eigenvalue weighted by atomic mass is 35.5. The van der Waals surface area contributed by atoms with Crippen molar-refractivity contribution in [3.05, 3.63) is 39.8 Å². The molecule has 0 saturated carbocycles. The van der Waals surface area contributed by atoms with Crippen molar-refractivity contribution in [2.24, 2.45) is 0 Å². The van der Waals surface area contributed by atoms with E-state index >= 15 is 0 Å². The van der Waals surface area contributed by atoms with Gasteiger partial charge in [-0.05, 0) is 24.7 Å². The summed E-state index contributed by atoms with van der Waals surface area (Å²) in [5.74, 6) is -1.73. The Bertz CT molecular complexity index is 730. The maximum Gasteiger partial charge on any atom is 0.283 e. The Hall–Kier alpha value is -1.63. The molecule has 2 aliphatic heterocycles. The number of hydrogen-bond acceptors (Lipinski definition) is 4. The molecule has 0 spiro atoms. The van der Waals surface area contributed by atoms with Crippen molar-refractivity contribution < 1.29 is 14.0 Å². The number of rotatable bonds is 3. The molecule has 2 heterocycles. The molecular weight excluding hydrogens is 356 g/mol. The van der Waals surface area contributed by atoms with E-state index in [1.54, 1.807) is 0 Å². The first kappa shape index (κ1) is 17.2. The molecule has 0 unspecified atom stereocenters. The van der Waals surface area contributed by atoms with Crippen molar-refractivity contribution >= 4 is 40.7 Å². The summed E-state index contributed by atoms with van der Waals surface area (Å²) in [7, 11) is 0. The Morgan fingerprint density at radius 2 is 1.75 bits per heavy atom. The number of carbonyl (C=O) groups excluding carboxylic acids is 2. The second kappa shape index (κ2) is 6.70. The van der Waals surface area contributed by atoms with Gasteiger partial charge in [-0.3, -0.25) is 9.59 Å². The van der Waals surface area contributed by atoms with Gasteiger partial charge < -0.3 is 9.80 Å². The number of piperazine rings is 1. The molecule has 0 N–H and O–H groups in total. The molecule has 1 fully saturated rings. The summed E-state index contributed by atoms with van der Waals surface area (Å²) in [5, 5.41) is -0.264. The predicted octanol–water partition coefficient (Wildman–Crippen LogP) is 2.44. The lowest BCUT2D eigenvalue weighted by atomic mass is 10.2. The number of nitrogens with zero attached hydrogens (tertiary/aromatic N) is 3. The molecule has 2 aliphatic rings. The maximum absolute atomic E-state index is 13.3. The van der Waals surface area contributed by atoms with Crippen LogP contribution < -0.4 is 4.90 Å². The minimum atomic E-state index is -0.616. The van der Waals surface area contributed by atoms with Crippen LogP contribution in [0, 0.1) is 5.82 Å². The Labute approximate surface area is 149 Å². The Kier molecular flexibility index (Phi) is 4.80. The number of carbonyl (C=O) groups is 2. The van der Waals surface area contributed by atoms with E-state index in [4.69, 9.17) is 23.2 Å². The quantitative estimate of drug-likeness (QED) is 0.765. The van der Waals surface area contributed by atoms with Crippen LogP contribution in [0.25, 0.3) is 0 Å². The Balaban J connectivity index is 1.86. The molecule has 0 aliphatic carbocycles. The smallest absolute Gasteiger partial charge is 0.283 e. The summed E-state index contributed by atoms with van der Waals surface area (Å²) in [4.78, 5) is 30.2. The maximum atomic E-state index is 13.3. The molecular formula is C16H16Cl2FN3O2. The first-order valence-corrected chi connectivity index (χ1v) is 8.40. The first-order valence-electron chi connectivity index (χ1n) is 7.65. The highest BCUT2D eigenvalue weighted by Crippen LogP contribution is 2.33. The van der Waals surface area contributed by atoms with Gasteiger partial charge >= 0.3 is 0 Å². The topological polar surface area (TPSA) is 43.9 Å². The van der Waals surface area contributed by atoms with Crippen molar-refractivity contribution in [1.82, 2.24) is 9.80 Å². The zero-order valence-electron chi connectivity index (χ0n) is 13.1. The summed E-state index contributed by atoms with van der Waals surface area (Å²) in [6, 6.07) is 3.69. The first-order chi connectivity index (χ1) is 11.4. The third-order valence-corrected chi connectivity index (χ3v) is 4.93. The van der Waals surface area contributed by atoms with Crippen LogP contribution in [-0.2, 0) is 9.59 Å². The third-order valence-electron chi connectivity index (χ3n) is 4.30. The summed E-state index contributed by atoms with van der Waals surface area (Å²) in [6.07, 6.45) is 0. The molecule has 0 atom stereocenters. The highest BCUT2D eigenvalue weighted by Gasteiger charge is 2.42. The minimum Gasteiger partial charge on any atom is -0.363 e. The van der Waals surface area contributed by atoms with E-state index in [1.807, 2.05) is 4.90 Å². The summed E-state index contributed by atoms with van der Waals surface area (Å²) < 4.78 is 13.3. The average molecular weight is 372 g/mol. The summed E-state index contributed by atoms with van der Waals surface area (Å²) in [6.45, 7) is 5.86. The fourth-order valence-electron chi connectivity index (χ4n) is 2.91. The fraction of sp³-hybridized carbons (Fsp3) is 0.375. The van der Waals surface area contributed by atoms with Crippen molar-refractivity contribution in [2.75, 3.05) is 37.6 Å². The molecule has 0 radical (unpaired) electrons. The summed E-state index contributed by atoms with van der Waals surface area (Å²) in [5.41, 5.74) is 0.412. The van der Waals surface area contributed by atoms with E-state index in [0.717, 1.165) is 30.6 Å². The second-order valence-electron chi connectivity index (χ2n) is 5.63. The van der Waals surface area contributed by atoms with Crippen LogP contribution >= 0.6 is 23.2 Å². The van der Waals surface area contributed by atoms with Gasteiger partial charge in [0.1, 0.15) is 16.5 Å². The molecule has 24 heavy (non-hydrogen) atoms. The molecule has 3 rings (SSSR count). The van der Waals surface area contributed by atoms with E-state index in [2.05, 4.69) is 11.8 Å². The van der Waals surface area contributed by atoms with Crippen molar-refractivity contribution in [2.45, 2.75) is 6.92 Å². The number of anilines is 1. The van der Waals surface area contributed by atoms with Crippen molar-refractivity contribution in [3.8, 4) is 0 Å². The summed E-state index contributed by atoms with van der Waals surface area (Å²) >= 11 is 11.9. The third kappa shape index (κ3) is 2.90. The van der Waals surface area contributed by atoms with Crippen molar-refractivity contribution in [3.63, 3.8) is 0 Å². The molecule has 0 bridgehead atoms. The molecule has 0 aromatic heterocycles. The van der Waals surface area contributed by atoms with Crippen molar-refractivity contribution in [1.29, 1.82) is 0 Å². The lowest BCUT2D eigenvalue weighted by Gasteiger charge is -2.35. The van der Waals surface area contributed by atoms with Crippen LogP contribution in [0.1, 0.15) is 6.92 Å². The molecule has 2 amide bonds. The number of likely N-dealkylation sites (N-methyl/N-ethyl adjacent to an activating group) is 1. The zero-order chi connectivity index (χ0) is 17.4. The number of amides is 2. The predicted molar refractivity (Wildman–Crippen MR) is 90.5 cm³/mol. The molecule has 5 nitrogen and oxygen atoms in total. The van der Waals surface area contributed by atoms with Gasteiger partial charge in [0.05, 0.1) is 10.7 Å². The number of hydrogen-bond donors (Lipinski definition) is 0. The fourth-order valence-corrected chi connectivity index (χ4v) is 3.37. The zero-order valence-corrected chi connectivity index (χ0v) is 14.6. The van der Waals surface area contributed by atoms with E-state index < -0.39 is 17.6 Å². The van der Waals surface area contributed by atoms with E-state index in [0.29, 0.717) is 13.1 Å². The van der Waals surface area contributed by atoms with Crippen LogP contribution in [0.2, 0.25) is 5.02 Å². The Morgan fingerprint density at radius 3 is 2.33 bits per heavy atom. The normalized spacial score (nSPS) is 19.7. The van der Waals surface area contributed by atoms with Gasteiger partial charge in [0.2, 0.25) is 0 Å². The number of halogens is 3. The van der Waals surface area contributed by atoms with Gasteiger partial charge in [-0.25, -0.2) is 9.29 Å². The van der Waals surface area contributed by atoms with Gasteiger partial charge in [-0.1, -0.05) is 30.1 Å². The largest absolute Gasteiger partial charge is 0.363 e. The SMILES string of the molecule is CCN1CCN(C2=C(Cl)C(=O)N(c3ccc(F)c(Cl)c3)C2=O)CC1. The molecule has 8 heteroatoms. The minimum absolute atomic E-state index is 0.106. The van der Waals surface area contributed by atoms with Crippen LogP contribution in [0.5, 0.6) is 0 Å². The van der Waals surface area contributed by atoms with E-state index in [1.165, 1.54) is 12.1 Å². The Morgan fingerprint density at radius 1 is 1.08 bits per heavy atom. The number of benzene rings is 1. The van der Waals surface area contributed by atoms with E-state index in [9.17, 15) is 14.0 Å². The average Bonchev–Trinajstić information content (AvgIpc) is 2.80. The van der Waals surface area contributed by atoms with Gasteiger partial charge in [-0.15, -0.1) is 0 Å². The van der Waals surface area contributed by atoms with Crippen LogP contribution in [0.4, 0.5) is 10.1 Å². The van der Waals surface area contributed by atoms with Gasteiger partial charge in [-0.2, -0.15) is 0 Å². The molecule has 1 aromatic carbocycles. The van der Waals surface area contributed by atoms with Gasteiger partial charge in [0.15, 0.2) is 0 Å². The standard InChI is InChI=1S/C16H16Cl2FN3O2/c1-2-20-5-7-21(8-6-20)14-13(18)15(23)22(16(14)24)10-3-4-12(19)11(17)9-10/h3-4,9H,2,5-8H2,1H3. The lowest BCUT2D eigenvalue weighted by molar-refractivity contribution is -0.121. The molecule has 1 aromatic rings. The number of imide groups is 1. The monoisotopic (exact) mass is 371 g/mol. The van der Waals surface area contributed by atoms with Crippen LogP contribution in [0.3, 0.4) is 0 Å². The van der Waals surface area contributed by atoms with Crippen LogP contribution in [-0.4, -0.2) is 54.3 Å². The second-order valence-corrected chi connectivity index (χ2v) is 6.41. The van der Waals surface area contributed by atoms with Gasteiger partial charge in [0.25, 0.3) is 11.8 Å².